The smallest absolute Gasteiger partial charge is 0.221 e. The summed E-state index contributed by atoms with van der Waals surface area (Å²) in [6.07, 6.45) is 2.21. The number of benzene rings is 2. The summed E-state index contributed by atoms with van der Waals surface area (Å²) in [5, 5.41) is 3.19. The molecule has 2 aromatic rings. The summed E-state index contributed by atoms with van der Waals surface area (Å²) < 4.78 is 11.5. The van der Waals surface area contributed by atoms with E-state index in [-0.39, 0.29) is 0 Å². The van der Waals surface area contributed by atoms with Crippen LogP contribution in [0, 0.1) is 6.92 Å². The molecule has 0 saturated carbocycles. The van der Waals surface area contributed by atoms with Gasteiger partial charge in [0.15, 0.2) is 0 Å². The van der Waals surface area contributed by atoms with Crippen LogP contribution < -0.4 is 26.1 Å². The number of aryl methyl sites for hydroxylation is 1. The van der Waals surface area contributed by atoms with Crippen LogP contribution in [0.1, 0.15) is 23.6 Å². The van der Waals surface area contributed by atoms with E-state index in [2.05, 4.69) is 48.8 Å². The number of hydrogen-bond acceptors (Lipinski definition) is 7. The summed E-state index contributed by atoms with van der Waals surface area (Å²) in [6.45, 7) is 8.17. The van der Waals surface area contributed by atoms with Crippen molar-refractivity contribution < 1.29 is 14.3 Å². The first-order valence-corrected chi connectivity index (χ1v) is 10.3. The van der Waals surface area contributed by atoms with Gasteiger partial charge in [-0.2, -0.15) is 0 Å². The molecule has 0 spiro atoms. The number of hydrazine groups is 1. The van der Waals surface area contributed by atoms with Crippen molar-refractivity contribution in [3.63, 3.8) is 0 Å². The van der Waals surface area contributed by atoms with Crippen molar-refractivity contribution >= 4 is 35.5 Å². The second-order valence-corrected chi connectivity index (χ2v) is 7.20. The summed E-state index contributed by atoms with van der Waals surface area (Å²) in [5.41, 5.74) is 5.96. The van der Waals surface area contributed by atoms with Gasteiger partial charge in [0.1, 0.15) is 18.1 Å². The lowest BCUT2D eigenvalue weighted by molar-refractivity contribution is -0.109. The second-order valence-electron chi connectivity index (χ2n) is 5.90. The molecule has 0 aromatic heterocycles. The number of ether oxygens (including phenoxy) is 2. The number of rotatable bonds is 10. The van der Waals surface area contributed by atoms with E-state index in [1.807, 2.05) is 31.3 Å². The Bertz CT molecular complexity index is 834. The van der Waals surface area contributed by atoms with Crippen molar-refractivity contribution in [3.8, 4) is 11.5 Å². The number of nitrogens with two attached hydrogens (primary N) is 1. The first-order chi connectivity index (χ1) is 14.6. The normalized spacial score (nSPS) is 10.4. The maximum Gasteiger partial charge on any atom is 0.221 e. The molecule has 0 fully saturated rings. The number of carbonyl (C=O) groups excluding carboxylic acids is 1. The average Bonchev–Trinajstić information content (AvgIpc) is 2.78. The second kappa shape index (κ2) is 14.1. The standard InChI is InChI=1S/C21H26N2O2S.CH4N2O/c1-6-26-21(13-22-3)16-10-11-19(15(2)12-16)25-14-17-18(23-4)8-7-9-20(17)24-5;2-3-1-4/h7-13,23H,3,6,14H2,1-2,4-5H3;1H,2H2,(H,3,4)/b21-13-;. The predicted octanol–water partition coefficient (Wildman–Crippen LogP) is 3.98. The van der Waals surface area contributed by atoms with Crippen molar-refractivity contribution in [2.75, 3.05) is 25.2 Å². The fourth-order valence-corrected chi connectivity index (χ4v) is 3.44. The van der Waals surface area contributed by atoms with Gasteiger partial charge in [-0.1, -0.05) is 19.1 Å². The third-order valence-electron chi connectivity index (χ3n) is 4.03. The summed E-state index contributed by atoms with van der Waals surface area (Å²) in [7, 11) is 3.57. The number of nitrogens with zero attached hydrogens (tertiary/aromatic N) is 1. The Morgan fingerprint density at radius 1 is 1.30 bits per heavy atom. The van der Waals surface area contributed by atoms with Crippen molar-refractivity contribution in [1.82, 2.24) is 5.43 Å². The van der Waals surface area contributed by atoms with E-state index in [4.69, 9.17) is 14.3 Å². The van der Waals surface area contributed by atoms with Crippen LogP contribution in [0.15, 0.2) is 47.6 Å². The van der Waals surface area contributed by atoms with E-state index in [0.717, 1.165) is 44.5 Å². The average molecular weight is 431 g/mol. The highest BCUT2D eigenvalue weighted by atomic mass is 32.2. The molecule has 0 bridgehead atoms. The minimum atomic E-state index is 0.403. The SMILES string of the molecule is C=N/C=C(\SCC)c1ccc(OCc2c(NC)cccc2OC)c(C)c1.NNC=O. The Morgan fingerprint density at radius 2 is 2.03 bits per heavy atom. The molecule has 2 rings (SSSR count). The number of hydrogen-bond donors (Lipinski definition) is 3. The zero-order valence-corrected chi connectivity index (χ0v) is 18.7. The summed E-state index contributed by atoms with van der Waals surface area (Å²) in [6, 6.07) is 12.1. The highest BCUT2D eigenvalue weighted by Gasteiger charge is 2.11. The van der Waals surface area contributed by atoms with E-state index in [0.29, 0.717) is 13.0 Å². The summed E-state index contributed by atoms with van der Waals surface area (Å²) >= 11 is 1.75. The van der Waals surface area contributed by atoms with Gasteiger partial charge in [-0.05, 0) is 54.8 Å². The molecule has 2 aromatic carbocycles. The first-order valence-electron chi connectivity index (χ1n) is 9.32. The van der Waals surface area contributed by atoms with Crippen LogP contribution in [0.5, 0.6) is 11.5 Å². The molecule has 0 atom stereocenters. The predicted molar refractivity (Wildman–Crippen MR) is 127 cm³/mol. The lowest BCUT2D eigenvalue weighted by Gasteiger charge is -2.16. The molecule has 1 amide bonds. The Hall–Kier alpha value is -2.97. The third-order valence-corrected chi connectivity index (χ3v) is 4.97. The molecule has 8 heteroatoms. The molecule has 0 aliphatic carbocycles. The van der Waals surface area contributed by atoms with E-state index < -0.39 is 0 Å². The van der Waals surface area contributed by atoms with E-state index in [1.165, 1.54) is 0 Å². The molecule has 162 valence electrons. The number of nitrogens with one attached hydrogen (secondary N) is 2. The van der Waals surface area contributed by atoms with Gasteiger partial charge in [-0.3, -0.25) is 15.2 Å². The van der Waals surface area contributed by atoms with E-state index in [9.17, 15) is 0 Å². The van der Waals surface area contributed by atoms with Crippen LogP contribution >= 0.6 is 11.8 Å². The van der Waals surface area contributed by atoms with E-state index in [1.54, 1.807) is 30.5 Å². The fraction of sp³-hybridized carbons (Fsp3) is 0.273. The highest BCUT2D eigenvalue weighted by molar-refractivity contribution is 8.08. The zero-order chi connectivity index (χ0) is 22.4. The molecular weight excluding hydrogens is 400 g/mol. The first kappa shape index (κ1) is 25.1. The van der Waals surface area contributed by atoms with Gasteiger partial charge in [0, 0.05) is 23.8 Å². The van der Waals surface area contributed by atoms with Gasteiger partial charge in [0.25, 0.3) is 0 Å². The number of aliphatic imine (C=N–C) groups is 1. The number of anilines is 1. The molecule has 4 N–H and O–H groups in total. The van der Waals surface area contributed by atoms with E-state index >= 15 is 0 Å². The minimum absolute atomic E-state index is 0.403. The Labute approximate surface area is 182 Å². The highest BCUT2D eigenvalue weighted by Crippen LogP contribution is 2.32. The van der Waals surface area contributed by atoms with Crippen molar-refractivity contribution in [2.45, 2.75) is 20.5 Å². The fourth-order valence-electron chi connectivity index (χ4n) is 2.69. The summed E-state index contributed by atoms with van der Waals surface area (Å²) in [5.74, 6) is 7.06. The maximum absolute atomic E-state index is 8.94. The number of methoxy groups -OCH3 is 1. The van der Waals surface area contributed by atoms with Gasteiger partial charge < -0.3 is 14.8 Å². The number of carbonyl (C=O) groups is 1. The lowest BCUT2D eigenvalue weighted by Crippen LogP contribution is -2.18. The van der Waals surface area contributed by atoms with Gasteiger partial charge in [-0.25, -0.2) is 5.84 Å². The van der Waals surface area contributed by atoms with Crippen LogP contribution in [0.2, 0.25) is 0 Å². The minimum Gasteiger partial charge on any atom is -0.496 e. The van der Waals surface area contributed by atoms with Crippen LogP contribution in [-0.4, -0.2) is 33.0 Å². The number of thioether (sulfide) groups is 1. The largest absolute Gasteiger partial charge is 0.496 e. The quantitative estimate of drug-likeness (QED) is 0.173. The Kier molecular flexibility index (Phi) is 11.8. The van der Waals surface area contributed by atoms with Crippen molar-refractivity contribution in [1.29, 1.82) is 0 Å². The molecule has 0 aliphatic heterocycles. The topological polar surface area (TPSA) is 98.0 Å². The van der Waals surface area contributed by atoms with Crippen LogP contribution in [0.4, 0.5) is 5.69 Å². The zero-order valence-electron chi connectivity index (χ0n) is 17.9. The van der Waals surface area contributed by atoms with Crippen LogP contribution in [0.25, 0.3) is 4.91 Å². The molecule has 0 unspecified atom stereocenters. The van der Waals surface area contributed by atoms with Crippen molar-refractivity contribution in [3.05, 3.63) is 59.3 Å². The number of amides is 1. The maximum atomic E-state index is 8.94. The molecule has 30 heavy (non-hydrogen) atoms. The summed E-state index contributed by atoms with van der Waals surface area (Å²) in [4.78, 5) is 14.0. The lowest BCUT2D eigenvalue weighted by atomic mass is 10.1. The molecule has 0 aliphatic rings. The molecule has 0 heterocycles. The Balaban J connectivity index is 0.00000103. The molecule has 0 radical (unpaired) electrons. The molecule has 0 saturated heterocycles. The Morgan fingerprint density at radius 3 is 2.57 bits per heavy atom. The van der Waals surface area contributed by atoms with Crippen LogP contribution in [-0.2, 0) is 11.4 Å². The van der Waals surface area contributed by atoms with Gasteiger partial charge in [0.2, 0.25) is 6.41 Å². The van der Waals surface area contributed by atoms with Gasteiger partial charge in [-0.15, -0.1) is 11.8 Å². The van der Waals surface area contributed by atoms with Gasteiger partial charge in [0.05, 0.1) is 12.7 Å². The van der Waals surface area contributed by atoms with Gasteiger partial charge >= 0.3 is 0 Å². The molecule has 7 nitrogen and oxygen atoms in total. The monoisotopic (exact) mass is 430 g/mol. The third kappa shape index (κ3) is 7.46. The van der Waals surface area contributed by atoms with Crippen LogP contribution in [0.3, 0.4) is 0 Å². The van der Waals surface area contributed by atoms with Crippen molar-refractivity contribution in [2.24, 2.45) is 10.8 Å². The molecular formula is C22H30N4O3S.